The molecule has 0 atom stereocenters. The number of hydrogen-bond acceptors (Lipinski definition) is 3. The molecule has 0 amide bonds. The molecule has 1 aromatic heterocycles. The lowest BCUT2D eigenvalue weighted by Crippen LogP contribution is -1.94. The van der Waals surface area contributed by atoms with E-state index in [4.69, 9.17) is 4.74 Å². The summed E-state index contributed by atoms with van der Waals surface area (Å²) in [5, 5.41) is 3.94. The summed E-state index contributed by atoms with van der Waals surface area (Å²) in [6.07, 6.45) is 4.30. The van der Waals surface area contributed by atoms with Gasteiger partial charge >= 0.3 is 0 Å². The van der Waals surface area contributed by atoms with Gasteiger partial charge in [0.2, 0.25) is 0 Å². The van der Waals surface area contributed by atoms with Crippen LogP contribution in [0, 0.1) is 0 Å². The van der Waals surface area contributed by atoms with Gasteiger partial charge in [0.1, 0.15) is 12.9 Å². The van der Waals surface area contributed by atoms with Gasteiger partial charge in [0, 0.05) is 18.8 Å². The third-order valence-corrected chi connectivity index (χ3v) is 1.21. The molecule has 0 fully saturated rings. The number of nitrogens with zero attached hydrogens (tertiary/aromatic N) is 2. The van der Waals surface area contributed by atoms with Gasteiger partial charge < -0.3 is 9.53 Å². The van der Waals surface area contributed by atoms with Crippen LogP contribution in [0.4, 0.5) is 0 Å². The molecule has 1 rings (SSSR count). The second-order valence-corrected chi connectivity index (χ2v) is 2.20. The van der Waals surface area contributed by atoms with E-state index < -0.39 is 0 Å². The van der Waals surface area contributed by atoms with E-state index in [2.05, 4.69) is 5.10 Å². The first-order chi connectivity index (χ1) is 5.33. The lowest BCUT2D eigenvalue weighted by atomic mass is 10.4. The summed E-state index contributed by atoms with van der Waals surface area (Å²) in [4.78, 5) is 9.85. The van der Waals surface area contributed by atoms with E-state index in [1.807, 2.05) is 13.2 Å². The van der Waals surface area contributed by atoms with E-state index in [0.29, 0.717) is 6.61 Å². The Morgan fingerprint density at radius 1 is 1.82 bits per heavy atom. The fourth-order valence-corrected chi connectivity index (χ4v) is 0.771. The SMILES string of the molecule is Cn1cc(COCC=O)cn1. The summed E-state index contributed by atoms with van der Waals surface area (Å²) in [5.74, 6) is 0. The van der Waals surface area contributed by atoms with Gasteiger partial charge in [-0.25, -0.2) is 0 Å². The van der Waals surface area contributed by atoms with E-state index >= 15 is 0 Å². The minimum Gasteiger partial charge on any atom is -0.369 e. The smallest absolute Gasteiger partial charge is 0.145 e. The van der Waals surface area contributed by atoms with Crippen LogP contribution >= 0.6 is 0 Å². The molecule has 0 aromatic carbocycles. The van der Waals surface area contributed by atoms with Crippen LogP contribution in [0.2, 0.25) is 0 Å². The zero-order valence-electron chi connectivity index (χ0n) is 6.36. The van der Waals surface area contributed by atoms with Crippen molar-refractivity contribution in [3.8, 4) is 0 Å². The quantitative estimate of drug-likeness (QED) is 0.457. The van der Waals surface area contributed by atoms with Crippen molar-refractivity contribution in [3.05, 3.63) is 18.0 Å². The molecule has 60 valence electrons. The summed E-state index contributed by atoms with van der Waals surface area (Å²) < 4.78 is 6.65. The van der Waals surface area contributed by atoms with Gasteiger partial charge in [0.25, 0.3) is 0 Å². The maximum absolute atomic E-state index is 9.85. The Morgan fingerprint density at radius 2 is 2.64 bits per heavy atom. The Balaban J connectivity index is 2.32. The predicted octanol–water partition coefficient (Wildman–Crippen LogP) is 0.136. The third kappa shape index (κ3) is 2.51. The Hall–Kier alpha value is -1.16. The van der Waals surface area contributed by atoms with E-state index in [-0.39, 0.29) is 6.61 Å². The van der Waals surface area contributed by atoms with Gasteiger partial charge in [-0.3, -0.25) is 4.68 Å². The molecule has 0 aliphatic rings. The van der Waals surface area contributed by atoms with Crippen molar-refractivity contribution < 1.29 is 9.53 Å². The number of aldehydes is 1. The molecule has 4 nitrogen and oxygen atoms in total. The summed E-state index contributed by atoms with van der Waals surface area (Å²) in [6.45, 7) is 0.599. The van der Waals surface area contributed by atoms with Crippen LogP contribution in [-0.4, -0.2) is 22.7 Å². The predicted molar refractivity (Wildman–Crippen MR) is 38.9 cm³/mol. The zero-order chi connectivity index (χ0) is 8.10. The highest BCUT2D eigenvalue weighted by atomic mass is 16.5. The van der Waals surface area contributed by atoms with Crippen LogP contribution in [0.15, 0.2) is 12.4 Å². The van der Waals surface area contributed by atoms with Gasteiger partial charge in [-0.15, -0.1) is 0 Å². The van der Waals surface area contributed by atoms with E-state index in [0.717, 1.165) is 11.8 Å². The molecule has 1 heterocycles. The topological polar surface area (TPSA) is 44.1 Å². The number of ether oxygens (including phenoxy) is 1. The molecule has 0 N–H and O–H groups in total. The van der Waals surface area contributed by atoms with E-state index in [1.54, 1.807) is 10.9 Å². The second-order valence-electron chi connectivity index (χ2n) is 2.20. The Morgan fingerprint density at radius 3 is 3.18 bits per heavy atom. The van der Waals surface area contributed by atoms with Crippen LogP contribution in [0.1, 0.15) is 5.56 Å². The highest BCUT2D eigenvalue weighted by Gasteiger charge is 1.94. The molecule has 1 aromatic rings. The molecular weight excluding hydrogens is 144 g/mol. The largest absolute Gasteiger partial charge is 0.369 e. The minimum atomic E-state index is 0.148. The van der Waals surface area contributed by atoms with Crippen molar-refractivity contribution in [1.29, 1.82) is 0 Å². The Labute approximate surface area is 64.8 Å². The highest BCUT2D eigenvalue weighted by Crippen LogP contribution is 1.97. The third-order valence-electron chi connectivity index (χ3n) is 1.21. The first-order valence-electron chi connectivity index (χ1n) is 3.32. The van der Waals surface area contributed by atoms with Gasteiger partial charge in [-0.05, 0) is 0 Å². The maximum atomic E-state index is 9.85. The molecule has 0 aliphatic heterocycles. The second kappa shape index (κ2) is 3.88. The fraction of sp³-hybridized carbons (Fsp3) is 0.429. The Kier molecular flexibility index (Phi) is 2.80. The van der Waals surface area contributed by atoms with Crippen LogP contribution in [-0.2, 0) is 23.2 Å². The molecule has 0 bridgehead atoms. The van der Waals surface area contributed by atoms with Crippen LogP contribution in [0.5, 0.6) is 0 Å². The Bertz CT molecular complexity index is 232. The molecule has 0 radical (unpaired) electrons. The molecule has 0 aliphatic carbocycles. The monoisotopic (exact) mass is 154 g/mol. The highest BCUT2D eigenvalue weighted by molar-refractivity contribution is 5.50. The van der Waals surface area contributed by atoms with Gasteiger partial charge in [-0.2, -0.15) is 5.10 Å². The lowest BCUT2D eigenvalue weighted by Gasteiger charge is -1.93. The molecule has 0 spiro atoms. The molecular formula is C7H10N2O2. The number of aromatic nitrogens is 2. The van der Waals surface area contributed by atoms with Crippen molar-refractivity contribution in [2.45, 2.75) is 6.61 Å². The van der Waals surface area contributed by atoms with E-state index in [1.165, 1.54) is 0 Å². The van der Waals surface area contributed by atoms with Crippen molar-refractivity contribution in [1.82, 2.24) is 9.78 Å². The van der Waals surface area contributed by atoms with Crippen molar-refractivity contribution in [2.75, 3.05) is 6.61 Å². The van der Waals surface area contributed by atoms with E-state index in [9.17, 15) is 4.79 Å². The number of aryl methyl sites for hydroxylation is 1. The van der Waals surface area contributed by atoms with Crippen LogP contribution in [0.3, 0.4) is 0 Å². The first-order valence-corrected chi connectivity index (χ1v) is 3.32. The molecule has 0 saturated heterocycles. The minimum absolute atomic E-state index is 0.148. The standard InChI is InChI=1S/C7H10N2O2/c1-9-5-7(4-8-9)6-11-3-2-10/h2,4-5H,3,6H2,1H3. The summed E-state index contributed by atoms with van der Waals surface area (Å²) in [5.41, 5.74) is 0.981. The number of hydrogen-bond donors (Lipinski definition) is 0. The average molecular weight is 154 g/mol. The van der Waals surface area contributed by atoms with Crippen molar-refractivity contribution >= 4 is 6.29 Å². The number of rotatable bonds is 4. The van der Waals surface area contributed by atoms with Crippen LogP contribution in [0.25, 0.3) is 0 Å². The molecule has 0 unspecified atom stereocenters. The van der Waals surface area contributed by atoms with Gasteiger partial charge in [0.05, 0.1) is 12.8 Å². The maximum Gasteiger partial charge on any atom is 0.145 e. The average Bonchev–Trinajstić information content (AvgIpc) is 2.37. The normalized spacial score (nSPS) is 9.91. The molecule has 4 heteroatoms. The van der Waals surface area contributed by atoms with Gasteiger partial charge in [0.15, 0.2) is 0 Å². The summed E-state index contributed by atoms with van der Waals surface area (Å²) >= 11 is 0. The summed E-state index contributed by atoms with van der Waals surface area (Å²) in [7, 11) is 1.84. The molecule has 11 heavy (non-hydrogen) atoms. The lowest BCUT2D eigenvalue weighted by molar-refractivity contribution is -0.112. The van der Waals surface area contributed by atoms with Crippen molar-refractivity contribution in [2.24, 2.45) is 7.05 Å². The fourth-order valence-electron chi connectivity index (χ4n) is 0.771. The van der Waals surface area contributed by atoms with Crippen LogP contribution < -0.4 is 0 Å². The number of carbonyl (C=O) groups is 1. The number of carbonyl (C=O) groups excluding carboxylic acids is 1. The van der Waals surface area contributed by atoms with Crippen molar-refractivity contribution in [3.63, 3.8) is 0 Å². The van der Waals surface area contributed by atoms with Gasteiger partial charge in [-0.1, -0.05) is 0 Å². The summed E-state index contributed by atoms with van der Waals surface area (Å²) in [6, 6.07) is 0. The first kappa shape index (κ1) is 7.94. The molecule has 0 saturated carbocycles. The zero-order valence-corrected chi connectivity index (χ0v) is 6.36.